The van der Waals surface area contributed by atoms with E-state index < -0.39 is 0 Å². The van der Waals surface area contributed by atoms with Gasteiger partial charge < -0.3 is 14.8 Å². The fourth-order valence-electron chi connectivity index (χ4n) is 2.98. The van der Waals surface area contributed by atoms with Gasteiger partial charge in [0.25, 0.3) is 0 Å². The topological polar surface area (TPSA) is 74.1 Å². The molecule has 4 rings (SSSR count). The molecular formula is C19H21N5O2. The van der Waals surface area contributed by atoms with E-state index in [1.54, 1.807) is 19.5 Å². The minimum absolute atomic E-state index is 0.267. The number of nitrogens with one attached hydrogen (secondary N) is 1. The van der Waals surface area contributed by atoms with E-state index in [0.717, 1.165) is 48.8 Å². The summed E-state index contributed by atoms with van der Waals surface area (Å²) in [5.41, 5.74) is 1.82. The van der Waals surface area contributed by atoms with Crippen molar-refractivity contribution in [2.24, 2.45) is 0 Å². The van der Waals surface area contributed by atoms with Gasteiger partial charge in [-0.2, -0.15) is 5.10 Å². The Bertz CT molecular complexity index is 856. The number of methoxy groups -OCH3 is 1. The van der Waals surface area contributed by atoms with E-state index >= 15 is 0 Å². The molecule has 1 aromatic carbocycles. The van der Waals surface area contributed by atoms with E-state index in [4.69, 9.17) is 9.47 Å². The van der Waals surface area contributed by atoms with Crippen molar-refractivity contribution in [3.63, 3.8) is 0 Å². The lowest BCUT2D eigenvalue weighted by Crippen LogP contribution is -2.15. The molecule has 1 aliphatic heterocycles. The maximum atomic E-state index is 5.65. The molecule has 0 radical (unpaired) electrons. The molecule has 0 saturated carbocycles. The highest BCUT2D eigenvalue weighted by molar-refractivity contribution is 5.60. The zero-order valence-corrected chi connectivity index (χ0v) is 14.6. The van der Waals surface area contributed by atoms with Crippen molar-refractivity contribution in [3.8, 4) is 17.1 Å². The SMILES string of the molecule is COc1ccc(-c2nccc(Nc3cnn(CC4CCCO4)c3)n2)cc1. The molecule has 134 valence electrons. The van der Waals surface area contributed by atoms with E-state index in [0.29, 0.717) is 5.82 Å². The average Bonchev–Trinajstić information content (AvgIpc) is 3.35. The Morgan fingerprint density at radius 2 is 2.15 bits per heavy atom. The van der Waals surface area contributed by atoms with Crippen molar-refractivity contribution in [3.05, 3.63) is 48.9 Å². The Morgan fingerprint density at radius 3 is 2.92 bits per heavy atom. The molecular weight excluding hydrogens is 330 g/mol. The van der Waals surface area contributed by atoms with Crippen molar-refractivity contribution in [1.82, 2.24) is 19.7 Å². The summed E-state index contributed by atoms with van der Waals surface area (Å²) in [6.07, 6.45) is 8.00. The zero-order valence-electron chi connectivity index (χ0n) is 14.6. The van der Waals surface area contributed by atoms with Gasteiger partial charge in [0, 0.05) is 24.6 Å². The van der Waals surface area contributed by atoms with Crippen LogP contribution in [0.1, 0.15) is 12.8 Å². The first kappa shape index (κ1) is 16.5. The molecule has 1 unspecified atom stereocenters. The van der Waals surface area contributed by atoms with Crippen molar-refractivity contribution in [2.45, 2.75) is 25.5 Å². The predicted octanol–water partition coefficient (Wildman–Crippen LogP) is 3.27. The normalized spacial score (nSPS) is 16.6. The van der Waals surface area contributed by atoms with Crippen LogP contribution in [0.15, 0.2) is 48.9 Å². The number of nitrogens with zero attached hydrogens (tertiary/aromatic N) is 4. The van der Waals surface area contributed by atoms with Crippen LogP contribution in [0.5, 0.6) is 5.75 Å². The molecule has 0 bridgehead atoms. The second kappa shape index (κ2) is 7.53. The quantitative estimate of drug-likeness (QED) is 0.735. The van der Waals surface area contributed by atoms with Crippen LogP contribution in [-0.2, 0) is 11.3 Å². The van der Waals surface area contributed by atoms with Crippen molar-refractivity contribution >= 4 is 11.5 Å². The van der Waals surface area contributed by atoms with Crippen molar-refractivity contribution < 1.29 is 9.47 Å². The third kappa shape index (κ3) is 3.83. The Labute approximate surface area is 152 Å². The van der Waals surface area contributed by atoms with Gasteiger partial charge in [0.15, 0.2) is 5.82 Å². The van der Waals surface area contributed by atoms with E-state index in [1.165, 1.54) is 0 Å². The second-order valence-corrected chi connectivity index (χ2v) is 6.21. The Balaban J connectivity index is 1.45. The summed E-state index contributed by atoms with van der Waals surface area (Å²) in [6, 6.07) is 9.52. The van der Waals surface area contributed by atoms with Gasteiger partial charge in [-0.1, -0.05) is 0 Å². The monoisotopic (exact) mass is 351 g/mol. The van der Waals surface area contributed by atoms with E-state index in [2.05, 4.69) is 20.4 Å². The number of ether oxygens (including phenoxy) is 2. The molecule has 7 nitrogen and oxygen atoms in total. The van der Waals surface area contributed by atoms with Crippen LogP contribution in [0, 0.1) is 0 Å². The third-order valence-corrected chi connectivity index (χ3v) is 4.32. The Morgan fingerprint density at radius 1 is 1.27 bits per heavy atom. The maximum absolute atomic E-state index is 5.65. The molecule has 1 atom stereocenters. The minimum Gasteiger partial charge on any atom is -0.497 e. The molecule has 1 N–H and O–H groups in total. The van der Waals surface area contributed by atoms with Gasteiger partial charge in [-0.25, -0.2) is 9.97 Å². The number of benzene rings is 1. The highest BCUT2D eigenvalue weighted by Gasteiger charge is 2.16. The molecule has 0 amide bonds. The fourth-order valence-corrected chi connectivity index (χ4v) is 2.98. The van der Waals surface area contributed by atoms with Crippen LogP contribution in [0.2, 0.25) is 0 Å². The van der Waals surface area contributed by atoms with E-state index in [-0.39, 0.29) is 6.10 Å². The number of aromatic nitrogens is 4. The number of rotatable bonds is 6. The molecule has 26 heavy (non-hydrogen) atoms. The van der Waals surface area contributed by atoms with Crippen LogP contribution in [0.25, 0.3) is 11.4 Å². The molecule has 1 saturated heterocycles. The molecule has 3 aromatic rings. The molecule has 0 spiro atoms. The van der Waals surface area contributed by atoms with Crippen LogP contribution >= 0.6 is 0 Å². The summed E-state index contributed by atoms with van der Waals surface area (Å²) < 4.78 is 12.7. The smallest absolute Gasteiger partial charge is 0.161 e. The van der Waals surface area contributed by atoms with Crippen LogP contribution in [-0.4, -0.2) is 39.6 Å². The summed E-state index contributed by atoms with van der Waals surface area (Å²) in [6.45, 7) is 1.63. The first-order chi connectivity index (χ1) is 12.8. The van der Waals surface area contributed by atoms with Crippen LogP contribution in [0.3, 0.4) is 0 Å². The maximum Gasteiger partial charge on any atom is 0.161 e. The first-order valence-electron chi connectivity index (χ1n) is 8.69. The third-order valence-electron chi connectivity index (χ3n) is 4.32. The number of hydrogen-bond donors (Lipinski definition) is 1. The standard InChI is InChI=1S/C19H21N5O2/c1-25-16-6-4-14(5-7-16)19-20-9-8-18(23-19)22-15-11-21-24(12-15)13-17-3-2-10-26-17/h4-9,11-12,17H,2-3,10,13H2,1H3,(H,20,22,23). The molecule has 2 aromatic heterocycles. The molecule has 0 aliphatic carbocycles. The molecule has 1 fully saturated rings. The van der Waals surface area contributed by atoms with Gasteiger partial charge in [-0.15, -0.1) is 0 Å². The lowest BCUT2D eigenvalue weighted by atomic mass is 10.2. The fraction of sp³-hybridized carbons (Fsp3) is 0.316. The molecule has 7 heteroatoms. The highest BCUT2D eigenvalue weighted by Crippen LogP contribution is 2.21. The van der Waals surface area contributed by atoms with Gasteiger partial charge >= 0.3 is 0 Å². The van der Waals surface area contributed by atoms with Crippen molar-refractivity contribution in [2.75, 3.05) is 19.0 Å². The first-order valence-corrected chi connectivity index (χ1v) is 8.69. The van der Waals surface area contributed by atoms with Gasteiger partial charge in [-0.3, -0.25) is 4.68 Å². The van der Waals surface area contributed by atoms with E-state index in [1.807, 2.05) is 41.2 Å². The molecule has 3 heterocycles. The summed E-state index contributed by atoms with van der Waals surface area (Å²) in [4.78, 5) is 8.93. The Kier molecular flexibility index (Phi) is 4.79. The van der Waals surface area contributed by atoms with Gasteiger partial charge in [0.2, 0.25) is 0 Å². The summed E-state index contributed by atoms with van der Waals surface area (Å²) in [5, 5.41) is 7.67. The zero-order chi connectivity index (χ0) is 17.8. The van der Waals surface area contributed by atoms with Crippen molar-refractivity contribution in [1.29, 1.82) is 0 Å². The highest BCUT2D eigenvalue weighted by atomic mass is 16.5. The summed E-state index contributed by atoms with van der Waals surface area (Å²) in [7, 11) is 1.65. The Hall–Kier alpha value is -2.93. The molecule has 1 aliphatic rings. The number of anilines is 2. The lowest BCUT2D eigenvalue weighted by molar-refractivity contribution is 0.0940. The second-order valence-electron chi connectivity index (χ2n) is 6.21. The largest absolute Gasteiger partial charge is 0.497 e. The van der Waals surface area contributed by atoms with Crippen LogP contribution < -0.4 is 10.1 Å². The average molecular weight is 351 g/mol. The minimum atomic E-state index is 0.267. The van der Waals surface area contributed by atoms with E-state index in [9.17, 15) is 0 Å². The van der Waals surface area contributed by atoms with Gasteiger partial charge in [0.05, 0.1) is 31.6 Å². The van der Waals surface area contributed by atoms with Crippen LogP contribution in [0.4, 0.5) is 11.5 Å². The summed E-state index contributed by atoms with van der Waals surface area (Å²) in [5.74, 6) is 2.19. The summed E-state index contributed by atoms with van der Waals surface area (Å²) >= 11 is 0. The number of hydrogen-bond acceptors (Lipinski definition) is 6. The van der Waals surface area contributed by atoms with Gasteiger partial charge in [-0.05, 0) is 43.2 Å². The predicted molar refractivity (Wildman–Crippen MR) is 98.5 cm³/mol. The van der Waals surface area contributed by atoms with Gasteiger partial charge in [0.1, 0.15) is 11.6 Å². The lowest BCUT2D eigenvalue weighted by Gasteiger charge is -2.08.